The Bertz CT molecular complexity index is 894. The Morgan fingerprint density at radius 3 is 2.76 bits per heavy atom. The highest BCUT2D eigenvalue weighted by Crippen LogP contribution is 2.30. The molecule has 0 aliphatic rings. The predicted octanol–water partition coefficient (Wildman–Crippen LogP) is 4.60. The second-order valence-electron chi connectivity index (χ2n) is 7.09. The van der Waals surface area contributed by atoms with Gasteiger partial charge in [-0.1, -0.05) is 31.2 Å². The minimum atomic E-state index is -1.16. The minimum absolute atomic E-state index is 0.288. The van der Waals surface area contributed by atoms with E-state index in [-0.39, 0.29) is 6.73 Å². The van der Waals surface area contributed by atoms with Gasteiger partial charge in [0.15, 0.2) is 0 Å². The smallest absolute Gasteiger partial charge is 0.213 e. The van der Waals surface area contributed by atoms with Gasteiger partial charge in [-0.05, 0) is 18.2 Å². The molecule has 0 aliphatic carbocycles. The van der Waals surface area contributed by atoms with Crippen LogP contribution in [0.5, 0.6) is 0 Å². The van der Waals surface area contributed by atoms with Crippen molar-refractivity contribution in [2.75, 3.05) is 6.61 Å². The van der Waals surface area contributed by atoms with Crippen molar-refractivity contribution in [3.8, 4) is 11.3 Å². The van der Waals surface area contributed by atoms with Gasteiger partial charge < -0.3 is 4.74 Å². The lowest BCUT2D eigenvalue weighted by molar-refractivity contribution is 0.0803. The molecule has 0 unspecified atom stereocenters. The van der Waals surface area contributed by atoms with Gasteiger partial charge in [-0.3, -0.25) is 0 Å². The molecule has 0 bridgehead atoms. The number of hydrogen-bond donors (Lipinski definition) is 0. The molecule has 0 fully saturated rings. The monoisotopic (exact) mass is 378 g/mol. The van der Waals surface area contributed by atoms with Gasteiger partial charge in [0.25, 0.3) is 0 Å². The average molecular weight is 379 g/mol. The van der Waals surface area contributed by atoms with E-state index in [1.165, 1.54) is 12.3 Å². The molecular formula is C17H20ClFN4OSi. The second kappa shape index (κ2) is 7.19. The highest BCUT2D eigenvalue weighted by Gasteiger charge is 2.16. The summed E-state index contributed by atoms with van der Waals surface area (Å²) >= 11 is 6.03. The van der Waals surface area contributed by atoms with Crippen molar-refractivity contribution in [2.24, 2.45) is 0 Å². The first-order chi connectivity index (χ1) is 11.8. The van der Waals surface area contributed by atoms with Crippen molar-refractivity contribution in [1.82, 2.24) is 19.7 Å². The molecule has 3 aromatic heterocycles. The number of fused-ring (bicyclic) bond motifs is 1. The van der Waals surface area contributed by atoms with Crippen LogP contribution in [0.25, 0.3) is 22.2 Å². The molecule has 8 heteroatoms. The first-order valence-corrected chi connectivity index (χ1v) is 12.1. The van der Waals surface area contributed by atoms with Crippen LogP contribution in [0.3, 0.4) is 0 Å². The fourth-order valence-corrected chi connectivity index (χ4v) is 3.40. The van der Waals surface area contributed by atoms with Gasteiger partial charge in [0, 0.05) is 37.9 Å². The van der Waals surface area contributed by atoms with Crippen LogP contribution in [0.1, 0.15) is 0 Å². The van der Waals surface area contributed by atoms with E-state index < -0.39 is 14.0 Å². The number of hydrogen-bond acceptors (Lipinski definition) is 4. The van der Waals surface area contributed by atoms with E-state index in [0.717, 1.165) is 17.1 Å². The molecule has 0 spiro atoms. The molecule has 3 rings (SSSR count). The Morgan fingerprint density at radius 1 is 1.24 bits per heavy atom. The molecule has 0 aliphatic heterocycles. The van der Waals surface area contributed by atoms with E-state index in [1.54, 1.807) is 23.0 Å². The van der Waals surface area contributed by atoms with Gasteiger partial charge in [-0.25, -0.2) is 14.6 Å². The summed E-state index contributed by atoms with van der Waals surface area (Å²) in [5, 5.41) is 5.70. The van der Waals surface area contributed by atoms with E-state index in [2.05, 4.69) is 34.7 Å². The fraction of sp³-hybridized carbons (Fsp3) is 0.353. The number of nitrogens with zero attached hydrogens (tertiary/aromatic N) is 4. The molecule has 0 amide bonds. The van der Waals surface area contributed by atoms with Crippen molar-refractivity contribution in [2.45, 2.75) is 32.4 Å². The lowest BCUT2D eigenvalue weighted by Gasteiger charge is -2.16. The summed E-state index contributed by atoms with van der Waals surface area (Å²) < 4.78 is 21.1. The molecular weight excluding hydrogens is 359 g/mol. The third-order valence-electron chi connectivity index (χ3n) is 3.80. The maximum absolute atomic E-state index is 13.6. The summed E-state index contributed by atoms with van der Waals surface area (Å²) in [6, 6.07) is 5.92. The van der Waals surface area contributed by atoms with Crippen LogP contribution < -0.4 is 0 Å². The van der Waals surface area contributed by atoms with E-state index in [4.69, 9.17) is 16.3 Å². The normalized spacial score (nSPS) is 12.0. The largest absolute Gasteiger partial charge is 0.360 e. The van der Waals surface area contributed by atoms with Crippen molar-refractivity contribution in [1.29, 1.82) is 0 Å². The Hall–Kier alpha value is -1.83. The summed E-state index contributed by atoms with van der Waals surface area (Å²) in [5.41, 5.74) is 2.10. The minimum Gasteiger partial charge on any atom is -0.360 e. The van der Waals surface area contributed by atoms with Gasteiger partial charge in [0.2, 0.25) is 5.95 Å². The molecule has 25 heavy (non-hydrogen) atoms. The molecule has 5 nitrogen and oxygen atoms in total. The third kappa shape index (κ3) is 4.42. The zero-order chi connectivity index (χ0) is 18.0. The van der Waals surface area contributed by atoms with Crippen molar-refractivity contribution in [3.05, 3.63) is 41.7 Å². The Morgan fingerprint density at radius 2 is 2.04 bits per heavy atom. The molecule has 0 saturated carbocycles. The molecule has 3 aromatic rings. The Labute approximate surface area is 151 Å². The first kappa shape index (κ1) is 18.0. The number of rotatable bonds is 6. The molecule has 0 aromatic carbocycles. The van der Waals surface area contributed by atoms with Crippen molar-refractivity contribution >= 4 is 30.6 Å². The standard InChI is InChI=1S/C17H20ClFN4OSi/c1-25(2,3)7-6-24-11-23-17(12-4-5-20-16(19)8-12)13-9-15(18)21-10-14(13)22-23/h4-5,8-10H,6-7,11H2,1-3H3. The van der Waals surface area contributed by atoms with Gasteiger partial charge >= 0.3 is 0 Å². The van der Waals surface area contributed by atoms with E-state index in [0.29, 0.717) is 22.8 Å². The fourth-order valence-electron chi connectivity index (χ4n) is 2.49. The highest BCUT2D eigenvalue weighted by atomic mass is 35.5. The second-order valence-corrected chi connectivity index (χ2v) is 13.1. The number of ether oxygens (including phenoxy) is 1. The number of pyridine rings is 2. The summed E-state index contributed by atoms with van der Waals surface area (Å²) in [5.74, 6) is -0.543. The van der Waals surface area contributed by atoms with Crippen LogP contribution in [-0.4, -0.2) is 34.4 Å². The predicted molar refractivity (Wildman–Crippen MR) is 99.8 cm³/mol. The van der Waals surface area contributed by atoms with E-state index >= 15 is 0 Å². The zero-order valence-corrected chi connectivity index (χ0v) is 16.2. The molecule has 0 radical (unpaired) electrons. The first-order valence-electron chi connectivity index (χ1n) is 8.05. The van der Waals surface area contributed by atoms with E-state index in [9.17, 15) is 4.39 Å². The Balaban J connectivity index is 1.95. The molecule has 3 heterocycles. The van der Waals surface area contributed by atoms with Crippen LogP contribution in [-0.2, 0) is 11.5 Å². The maximum Gasteiger partial charge on any atom is 0.213 e. The summed E-state index contributed by atoms with van der Waals surface area (Å²) in [6.07, 6.45) is 3.04. The summed E-state index contributed by atoms with van der Waals surface area (Å²) in [7, 11) is -1.16. The lowest BCUT2D eigenvalue weighted by Crippen LogP contribution is -2.22. The van der Waals surface area contributed by atoms with Crippen LogP contribution >= 0.6 is 11.6 Å². The quantitative estimate of drug-likeness (QED) is 0.357. The van der Waals surface area contributed by atoms with Gasteiger partial charge in [-0.15, -0.1) is 0 Å². The molecule has 132 valence electrons. The molecule has 0 saturated heterocycles. The van der Waals surface area contributed by atoms with Crippen molar-refractivity contribution in [3.63, 3.8) is 0 Å². The van der Waals surface area contributed by atoms with Crippen molar-refractivity contribution < 1.29 is 9.13 Å². The lowest BCUT2D eigenvalue weighted by atomic mass is 10.1. The number of aromatic nitrogens is 4. The maximum atomic E-state index is 13.6. The van der Waals surface area contributed by atoms with Gasteiger partial charge in [0.05, 0.1) is 11.9 Å². The van der Waals surface area contributed by atoms with Gasteiger partial charge in [0.1, 0.15) is 17.4 Å². The summed E-state index contributed by atoms with van der Waals surface area (Å²) in [6.45, 7) is 7.87. The summed E-state index contributed by atoms with van der Waals surface area (Å²) in [4.78, 5) is 7.69. The van der Waals surface area contributed by atoms with Crippen LogP contribution in [0.2, 0.25) is 30.8 Å². The Kier molecular flexibility index (Phi) is 5.17. The van der Waals surface area contributed by atoms with E-state index in [1.807, 2.05) is 0 Å². The SMILES string of the molecule is C[Si](C)(C)CCOCn1nc2cnc(Cl)cc2c1-c1ccnc(F)c1. The van der Waals surface area contributed by atoms with Crippen LogP contribution in [0.4, 0.5) is 4.39 Å². The van der Waals surface area contributed by atoms with Crippen LogP contribution in [0, 0.1) is 5.95 Å². The molecule has 0 atom stereocenters. The van der Waals surface area contributed by atoms with Gasteiger partial charge in [-0.2, -0.15) is 9.49 Å². The van der Waals surface area contributed by atoms with Crippen LogP contribution in [0.15, 0.2) is 30.6 Å². The number of halogens is 2. The molecule has 0 N–H and O–H groups in total. The zero-order valence-electron chi connectivity index (χ0n) is 14.5. The average Bonchev–Trinajstić information content (AvgIpc) is 2.88. The topological polar surface area (TPSA) is 52.8 Å². The third-order valence-corrected chi connectivity index (χ3v) is 5.71. The highest BCUT2D eigenvalue weighted by molar-refractivity contribution is 6.76.